The minimum absolute atomic E-state index is 0. The average Bonchev–Trinajstić information content (AvgIpc) is 2.36. The number of rotatable bonds is 0. The minimum atomic E-state index is 0. The molecule has 6 heteroatoms. The van der Waals surface area contributed by atoms with Crippen LogP contribution in [0.2, 0.25) is 0 Å². The van der Waals surface area contributed by atoms with E-state index in [1.54, 1.807) is 18.5 Å². The highest BCUT2D eigenvalue weighted by molar-refractivity contribution is 5.86. The summed E-state index contributed by atoms with van der Waals surface area (Å²) in [5.74, 6) is 0. The molecular weight excluding hydrogens is 211 g/mol. The van der Waals surface area contributed by atoms with Gasteiger partial charge in [0, 0.05) is 0 Å². The van der Waals surface area contributed by atoms with Crippen LogP contribution in [-0.4, -0.2) is 9.97 Å². The minimum Gasteiger partial charge on any atom is -0.397 e. The smallest absolute Gasteiger partial charge is 0.0931 e. The third-order valence-electron chi connectivity index (χ3n) is 1.63. The number of benzene rings is 1. The molecule has 1 aromatic heterocycles. The van der Waals surface area contributed by atoms with Crippen LogP contribution in [0.1, 0.15) is 0 Å². The van der Waals surface area contributed by atoms with Crippen molar-refractivity contribution in [3.63, 3.8) is 0 Å². The van der Waals surface area contributed by atoms with E-state index >= 15 is 0 Å². The normalized spacial score (nSPS) is 8.92. The standard InChI is InChI=1S/C7H8N4.2ClH/c8-4-1-6-7(2-5(4)9)11-3-10-6;;/h1-3H,8-9H2,(H,10,11);2*1H. The summed E-state index contributed by atoms with van der Waals surface area (Å²) < 4.78 is 0. The summed E-state index contributed by atoms with van der Waals surface area (Å²) in [6, 6.07) is 3.53. The molecule has 2 aromatic rings. The summed E-state index contributed by atoms with van der Waals surface area (Å²) in [5, 5.41) is 0. The van der Waals surface area contributed by atoms with E-state index < -0.39 is 0 Å². The maximum Gasteiger partial charge on any atom is 0.0931 e. The highest BCUT2D eigenvalue weighted by Crippen LogP contribution is 2.20. The Morgan fingerprint density at radius 3 is 2.38 bits per heavy atom. The van der Waals surface area contributed by atoms with Crippen molar-refractivity contribution in [2.75, 3.05) is 11.5 Å². The summed E-state index contributed by atoms with van der Waals surface area (Å²) in [5.41, 5.74) is 14.1. The van der Waals surface area contributed by atoms with Gasteiger partial charge in [0.25, 0.3) is 0 Å². The van der Waals surface area contributed by atoms with Gasteiger partial charge in [0.2, 0.25) is 0 Å². The van der Waals surface area contributed by atoms with Crippen LogP contribution in [0.25, 0.3) is 11.0 Å². The lowest BCUT2D eigenvalue weighted by Gasteiger charge is -1.97. The monoisotopic (exact) mass is 220 g/mol. The number of nitrogens with one attached hydrogen (secondary N) is 1. The lowest BCUT2D eigenvalue weighted by Crippen LogP contribution is -1.93. The zero-order chi connectivity index (χ0) is 7.84. The van der Waals surface area contributed by atoms with Gasteiger partial charge in [0.05, 0.1) is 28.7 Å². The fraction of sp³-hybridized carbons (Fsp3) is 0. The van der Waals surface area contributed by atoms with Gasteiger partial charge < -0.3 is 16.5 Å². The first kappa shape index (κ1) is 11.9. The molecule has 4 nitrogen and oxygen atoms in total. The molecule has 72 valence electrons. The highest BCUT2D eigenvalue weighted by Gasteiger charge is 1.99. The van der Waals surface area contributed by atoms with Crippen molar-refractivity contribution >= 4 is 47.2 Å². The summed E-state index contributed by atoms with van der Waals surface area (Å²) in [7, 11) is 0. The highest BCUT2D eigenvalue weighted by atomic mass is 35.5. The van der Waals surface area contributed by atoms with Crippen LogP contribution >= 0.6 is 24.8 Å². The molecule has 0 atom stereocenters. The Morgan fingerprint density at radius 2 is 1.69 bits per heavy atom. The number of aromatic amines is 1. The maximum atomic E-state index is 5.57. The topological polar surface area (TPSA) is 80.7 Å². The number of nitrogens with zero attached hydrogens (tertiary/aromatic N) is 1. The van der Waals surface area contributed by atoms with E-state index in [4.69, 9.17) is 11.5 Å². The van der Waals surface area contributed by atoms with E-state index in [0.717, 1.165) is 11.0 Å². The zero-order valence-electron chi connectivity index (χ0n) is 6.65. The van der Waals surface area contributed by atoms with Gasteiger partial charge >= 0.3 is 0 Å². The lowest BCUT2D eigenvalue weighted by atomic mass is 10.2. The number of fused-ring (bicyclic) bond motifs is 1. The van der Waals surface area contributed by atoms with Crippen molar-refractivity contribution in [3.8, 4) is 0 Å². The van der Waals surface area contributed by atoms with E-state index in [2.05, 4.69) is 9.97 Å². The molecule has 0 aliphatic carbocycles. The number of imidazole rings is 1. The second-order valence-electron chi connectivity index (χ2n) is 2.40. The quantitative estimate of drug-likeness (QED) is 0.590. The van der Waals surface area contributed by atoms with Gasteiger partial charge in [-0.15, -0.1) is 24.8 Å². The Labute approximate surface area is 87.5 Å². The molecule has 0 bridgehead atoms. The molecule has 2 rings (SSSR count). The van der Waals surface area contributed by atoms with Gasteiger partial charge in [0.15, 0.2) is 0 Å². The second-order valence-corrected chi connectivity index (χ2v) is 2.40. The molecule has 0 aliphatic heterocycles. The van der Waals surface area contributed by atoms with Gasteiger partial charge in [-0.1, -0.05) is 0 Å². The van der Waals surface area contributed by atoms with Gasteiger partial charge in [-0.25, -0.2) is 4.98 Å². The van der Waals surface area contributed by atoms with Crippen LogP contribution < -0.4 is 11.5 Å². The van der Waals surface area contributed by atoms with Gasteiger partial charge in [-0.2, -0.15) is 0 Å². The Morgan fingerprint density at radius 1 is 1.08 bits per heavy atom. The van der Waals surface area contributed by atoms with Crippen molar-refractivity contribution in [1.82, 2.24) is 9.97 Å². The van der Waals surface area contributed by atoms with Crippen molar-refractivity contribution in [2.45, 2.75) is 0 Å². The maximum absolute atomic E-state index is 5.57. The molecule has 1 aromatic carbocycles. The Balaban J connectivity index is 0.000000720. The fourth-order valence-electron chi connectivity index (χ4n) is 1.01. The van der Waals surface area contributed by atoms with Crippen molar-refractivity contribution in [1.29, 1.82) is 0 Å². The second kappa shape index (κ2) is 4.20. The van der Waals surface area contributed by atoms with Crippen LogP contribution in [0.3, 0.4) is 0 Å². The molecule has 0 spiro atoms. The summed E-state index contributed by atoms with van der Waals surface area (Å²) in [6.45, 7) is 0. The van der Waals surface area contributed by atoms with E-state index in [1.807, 2.05) is 0 Å². The summed E-state index contributed by atoms with van der Waals surface area (Å²) in [4.78, 5) is 6.97. The van der Waals surface area contributed by atoms with E-state index in [0.29, 0.717) is 11.4 Å². The van der Waals surface area contributed by atoms with Gasteiger partial charge in [-0.05, 0) is 12.1 Å². The van der Waals surface area contributed by atoms with E-state index in [-0.39, 0.29) is 24.8 Å². The number of anilines is 2. The molecule has 5 N–H and O–H groups in total. The number of H-pyrrole nitrogens is 1. The number of aromatic nitrogens is 2. The van der Waals surface area contributed by atoms with E-state index in [9.17, 15) is 0 Å². The number of hydrogen-bond donors (Lipinski definition) is 3. The molecule has 13 heavy (non-hydrogen) atoms. The summed E-state index contributed by atoms with van der Waals surface area (Å²) in [6.07, 6.45) is 1.61. The van der Waals surface area contributed by atoms with Crippen LogP contribution in [-0.2, 0) is 0 Å². The predicted molar refractivity (Wildman–Crippen MR) is 59.4 cm³/mol. The Kier molecular flexibility index (Phi) is 3.84. The SMILES string of the molecule is Cl.Cl.Nc1cc2nc[nH]c2cc1N. The molecule has 0 unspecified atom stereocenters. The fourth-order valence-corrected chi connectivity index (χ4v) is 1.01. The molecule has 0 amide bonds. The molecule has 0 saturated heterocycles. The third-order valence-corrected chi connectivity index (χ3v) is 1.63. The van der Waals surface area contributed by atoms with E-state index in [1.165, 1.54) is 0 Å². The zero-order valence-corrected chi connectivity index (χ0v) is 8.28. The predicted octanol–water partition coefficient (Wildman–Crippen LogP) is 1.57. The molecule has 1 heterocycles. The molecule has 0 radical (unpaired) electrons. The Hall–Kier alpha value is -1.13. The third kappa shape index (κ3) is 1.96. The van der Waals surface area contributed by atoms with Crippen LogP contribution in [0.5, 0.6) is 0 Å². The summed E-state index contributed by atoms with van der Waals surface area (Å²) >= 11 is 0. The molecule has 0 saturated carbocycles. The van der Waals surface area contributed by atoms with Crippen molar-refractivity contribution in [2.24, 2.45) is 0 Å². The number of halogens is 2. The molecule has 0 aliphatic rings. The molecule has 0 fully saturated rings. The van der Waals surface area contributed by atoms with Crippen molar-refractivity contribution in [3.05, 3.63) is 18.5 Å². The number of nitrogen functional groups attached to an aromatic ring is 2. The number of hydrogen-bond acceptors (Lipinski definition) is 3. The largest absolute Gasteiger partial charge is 0.397 e. The molecular formula is C7H10Cl2N4. The van der Waals surface area contributed by atoms with Crippen LogP contribution in [0, 0.1) is 0 Å². The van der Waals surface area contributed by atoms with Crippen LogP contribution in [0.4, 0.5) is 11.4 Å². The van der Waals surface area contributed by atoms with Gasteiger partial charge in [0.1, 0.15) is 0 Å². The first-order valence-electron chi connectivity index (χ1n) is 3.25. The Bertz CT molecular complexity index is 362. The van der Waals surface area contributed by atoms with Crippen LogP contribution in [0.15, 0.2) is 18.5 Å². The number of nitrogens with two attached hydrogens (primary N) is 2. The first-order chi connectivity index (χ1) is 5.27. The first-order valence-corrected chi connectivity index (χ1v) is 3.25. The lowest BCUT2D eigenvalue weighted by molar-refractivity contribution is 1.34. The van der Waals surface area contributed by atoms with Crippen molar-refractivity contribution < 1.29 is 0 Å². The van der Waals surface area contributed by atoms with Gasteiger partial charge in [-0.3, -0.25) is 0 Å². The average molecular weight is 221 g/mol.